The van der Waals surface area contributed by atoms with Crippen LogP contribution in [0.4, 0.5) is 0 Å². The van der Waals surface area contributed by atoms with Crippen LogP contribution < -0.4 is 0 Å². The maximum Gasteiger partial charge on any atom is 0.315 e. The Morgan fingerprint density at radius 3 is 2.40 bits per heavy atom. The number of rotatable bonds is 2. The summed E-state index contributed by atoms with van der Waals surface area (Å²) in [5, 5.41) is 42.6. The Hall–Kier alpha value is -1.17. The van der Waals surface area contributed by atoms with Gasteiger partial charge in [-0.3, -0.25) is 4.79 Å². The molecule has 196 valence electrons. The van der Waals surface area contributed by atoms with Crippen LogP contribution in [0.3, 0.4) is 0 Å². The van der Waals surface area contributed by atoms with E-state index < -0.39 is 35.6 Å². The van der Waals surface area contributed by atoms with Gasteiger partial charge in [-0.15, -0.1) is 0 Å². The monoisotopic (exact) mass is 486 g/mol. The summed E-state index contributed by atoms with van der Waals surface area (Å²) in [6.45, 7) is 15.7. The van der Waals surface area contributed by atoms with E-state index in [1.54, 1.807) is 5.57 Å². The van der Waals surface area contributed by atoms with E-state index in [0.717, 1.165) is 25.7 Å². The molecule has 4 N–H and O–H groups in total. The van der Waals surface area contributed by atoms with Crippen molar-refractivity contribution in [2.24, 2.45) is 50.7 Å². The Balaban J connectivity index is 1.63. The zero-order valence-electron chi connectivity index (χ0n) is 22.3. The van der Waals surface area contributed by atoms with E-state index >= 15 is 0 Å². The normalized spacial score (nSPS) is 55.7. The van der Waals surface area contributed by atoms with Crippen molar-refractivity contribution in [1.82, 2.24) is 0 Å². The summed E-state index contributed by atoms with van der Waals surface area (Å²) in [5.41, 5.74) is 1.04. The molecule has 5 heteroatoms. The number of hydrogen-bond acceptors (Lipinski definition) is 4. The number of carboxylic acid groups (broad SMARTS) is 1. The Labute approximate surface area is 210 Å². The van der Waals surface area contributed by atoms with E-state index in [-0.39, 0.29) is 22.7 Å². The minimum atomic E-state index is -1.72. The van der Waals surface area contributed by atoms with Gasteiger partial charge in [0.15, 0.2) is 0 Å². The van der Waals surface area contributed by atoms with E-state index in [1.807, 2.05) is 0 Å². The summed E-state index contributed by atoms with van der Waals surface area (Å²) in [6.07, 6.45) is 7.30. The van der Waals surface area contributed by atoms with Crippen molar-refractivity contribution < 1.29 is 25.2 Å². The summed E-state index contributed by atoms with van der Waals surface area (Å²) in [4.78, 5) is 12.6. The summed E-state index contributed by atoms with van der Waals surface area (Å²) < 4.78 is 0. The van der Waals surface area contributed by atoms with Crippen molar-refractivity contribution in [3.63, 3.8) is 0 Å². The van der Waals surface area contributed by atoms with Gasteiger partial charge in [-0.25, -0.2) is 0 Å². The lowest BCUT2D eigenvalue weighted by molar-refractivity contribution is -0.250. The highest BCUT2D eigenvalue weighted by Gasteiger charge is 2.72. The number of hydrogen-bond donors (Lipinski definition) is 4. The molecular weight excluding hydrogens is 440 g/mol. The second-order valence-corrected chi connectivity index (χ2v) is 14.1. The molecule has 0 spiro atoms. The third kappa shape index (κ3) is 2.89. The second-order valence-electron chi connectivity index (χ2n) is 14.1. The van der Waals surface area contributed by atoms with Crippen LogP contribution >= 0.6 is 0 Å². The van der Waals surface area contributed by atoms with E-state index in [1.165, 1.54) is 18.4 Å². The first-order valence-corrected chi connectivity index (χ1v) is 13.8. The first kappa shape index (κ1) is 25.5. The predicted octanol–water partition coefficient (Wildman–Crippen LogP) is 4.95. The van der Waals surface area contributed by atoms with Gasteiger partial charge >= 0.3 is 5.97 Å². The summed E-state index contributed by atoms with van der Waals surface area (Å²) in [7, 11) is 0. The second kappa shape index (κ2) is 7.68. The summed E-state index contributed by atoms with van der Waals surface area (Å²) in [6, 6.07) is 0. The highest BCUT2D eigenvalue weighted by molar-refractivity contribution is 5.77. The summed E-state index contributed by atoms with van der Waals surface area (Å²) in [5.74, 6) is -0.420. The Bertz CT molecular complexity index is 972. The fourth-order valence-corrected chi connectivity index (χ4v) is 10.7. The molecule has 5 rings (SSSR count). The average Bonchev–Trinajstić information content (AvgIpc) is 2.79. The molecule has 0 aliphatic heterocycles. The maximum absolute atomic E-state index is 12.6. The van der Waals surface area contributed by atoms with Gasteiger partial charge in [-0.2, -0.15) is 0 Å². The molecule has 0 heterocycles. The number of aliphatic hydroxyl groups excluding tert-OH is 3. The van der Waals surface area contributed by atoms with Crippen LogP contribution in [0.2, 0.25) is 0 Å². The van der Waals surface area contributed by atoms with Gasteiger partial charge in [0.25, 0.3) is 0 Å². The van der Waals surface area contributed by atoms with Crippen LogP contribution in [0.25, 0.3) is 0 Å². The molecule has 0 radical (unpaired) electrons. The topological polar surface area (TPSA) is 98.0 Å². The van der Waals surface area contributed by atoms with Crippen molar-refractivity contribution in [3.8, 4) is 0 Å². The Morgan fingerprint density at radius 2 is 1.77 bits per heavy atom. The molecule has 35 heavy (non-hydrogen) atoms. The van der Waals surface area contributed by atoms with Crippen LogP contribution in [-0.2, 0) is 4.79 Å². The molecule has 0 amide bonds. The highest BCUT2D eigenvalue weighted by Crippen LogP contribution is 2.75. The third-order valence-electron chi connectivity index (χ3n) is 13.1. The molecule has 5 aliphatic carbocycles. The van der Waals surface area contributed by atoms with Crippen molar-refractivity contribution >= 4 is 5.97 Å². The van der Waals surface area contributed by atoms with Gasteiger partial charge in [-0.05, 0) is 96.7 Å². The number of aliphatic hydroxyl groups is 3. The fraction of sp³-hybridized carbons (Fsp3) is 0.833. The third-order valence-corrected chi connectivity index (χ3v) is 13.1. The largest absolute Gasteiger partial charge is 0.481 e. The minimum Gasteiger partial charge on any atom is -0.481 e. The lowest BCUT2D eigenvalue weighted by atomic mass is 9.33. The zero-order chi connectivity index (χ0) is 25.8. The first-order valence-electron chi connectivity index (χ1n) is 13.8. The van der Waals surface area contributed by atoms with E-state index in [0.29, 0.717) is 30.1 Å². The molecule has 0 saturated heterocycles. The first-order chi connectivity index (χ1) is 16.2. The van der Waals surface area contributed by atoms with Crippen LogP contribution in [0.15, 0.2) is 23.8 Å². The van der Waals surface area contributed by atoms with Crippen LogP contribution in [-0.4, -0.2) is 45.2 Å². The lowest BCUT2D eigenvalue weighted by Gasteiger charge is -2.71. The number of aliphatic carboxylic acids is 1. The van der Waals surface area contributed by atoms with Gasteiger partial charge in [0.1, 0.15) is 5.41 Å². The van der Waals surface area contributed by atoms with Crippen LogP contribution in [0.5, 0.6) is 0 Å². The highest BCUT2D eigenvalue weighted by atomic mass is 16.4. The number of carbonyl (C=O) groups is 1. The molecule has 5 nitrogen and oxygen atoms in total. The van der Waals surface area contributed by atoms with Crippen LogP contribution in [0, 0.1) is 50.7 Å². The number of fused-ring (bicyclic) bond motifs is 7. The van der Waals surface area contributed by atoms with E-state index in [2.05, 4.69) is 47.3 Å². The zero-order valence-corrected chi connectivity index (χ0v) is 22.3. The van der Waals surface area contributed by atoms with Gasteiger partial charge in [0, 0.05) is 0 Å². The summed E-state index contributed by atoms with van der Waals surface area (Å²) >= 11 is 0. The van der Waals surface area contributed by atoms with Crippen molar-refractivity contribution in [2.45, 2.75) is 98.2 Å². The average molecular weight is 487 g/mol. The minimum absolute atomic E-state index is 0.00602. The van der Waals surface area contributed by atoms with Gasteiger partial charge in [-0.1, -0.05) is 58.4 Å². The maximum atomic E-state index is 12.6. The van der Waals surface area contributed by atoms with Crippen molar-refractivity contribution in [3.05, 3.63) is 23.8 Å². The van der Waals surface area contributed by atoms with Gasteiger partial charge in [0.2, 0.25) is 0 Å². The molecular formula is C30H46O5. The van der Waals surface area contributed by atoms with Crippen molar-refractivity contribution in [2.75, 3.05) is 6.61 Å². The quantitative estimate of drug-likeness (QED) is 0.414. The SMILES string of the molecule is C=C1CC[C@]2(C)CC[C@]3(C)C(=CC[C@@H]4[C@@]5(C)C[C@@H](O)[C@@H](O)C(CO)(C(=O)O)C5CC[C@]43C)[C@@H]2[C@H]1C. The molecule has 0 aromatic rings. The molecule has 0 bridgehead atoms. The van der Waals surface area contributed by atoms with Gasteiger partial charge < -0.3 is 20.4 Å². The van der Waals surface area contributed by atoms with E-state index in [4.69, 9.17) is 0 Å². The standard InChI is InChI=1S/C30H46O5/c1-17-9-11-26(3)13-14-28(5)19(23(26)18(17)2)7-8-21-27(4)15-20(32)24(33)30(16-31,25(34)35)22(27)10-12-29(21,28)6/h7,18,20-24,31-33H,1,8-16H2,2-6H3,(H,34,35)/t18-,20+,21+,22?,23-,24+,26+,27+,28+,29+,30?/m0/s1. The molecule has 0 aromatic heterocycles. The number of allylic oxidation sites excluding steroid dienone is 3. The molecule has 0 aromatic carbocycles. The molecule has 4 fully saturated rings. The van der Waals surface area contributed by atoms with E-state index in [9.17, 15) is 25.2 Å². The lowest BCUT2D eigenvalue weighted by Crippen LogP contribution is -2.70. The molecule has 2 unspecified atom stereocenters. The Morgan fingerprint density at radius 1 is 1.09 bits per heavy atom. The Kier molecular flexibility index (Phi) is 5.59. The fourth-order valence-electron chi connectivity index (χ4n) is 10.7. The molecule has 4 saturated carbocycles. The molecule has 11 atom stereocenters. The van der Waals surface area contributed by atoms with Crippen molar-refractivity contribution in [1.29, 1.82) is 0 Å². The van der Waals surface area contributed by atoms with Gasteiger partial charge in [0.05, 0.1) is 18.8 Å². The van der Waals surface area contributed by atoms with Crippen LogP contribution in [0.1, 0.15) is 86.0 Å². The smallest absolute Gasteiger partial charge is 0.315 e. The molecule has 5 aliphatic rings. The number of carboxylic acids is 1. The predicted molar refractivity (Wildman–Crippen MR) is 135 cm³/mol.